The third kappa shape index (κ3) is 3.41. The third-order valence-corrected chi connectivity index (χ3v) is 4.76. The summed E-state index contributed by atoms with van der Waals surface area (Å²) in [6.07, 6.45) is 0.905. The van der Waals surface area contributed by atoms with Crippen LogP contribution in [0.1, 0.15) is 12.8 Å². The Labute approximate surface area is 153 Å². The minimum atomic E-state index is -0.961. The summed E-state index contributed by atoms with van der Waals surface area (Å²) < 4.78 is 32.7. The smallest absolute Gasteiger partial charge is 0.244 e. The van der Waals surface area contributed by atoms with Crippen molar-refractivity contribution in [1.82, 2.24) is 9.97 Å². The van der Waals surface area contributed by atoms with Crippen molar-refractivity contribution in [2.45, 2.75) is 18.4 Å². The van der Waals surface area contributed by atoms with Crippen LogP contribution >= 0.6 is 0 Å². The van der Waals surface area contributed by atoms with Crippen LogP contribution in [0, 0.1) is 11.6 Å². The van der Waals surface area contributed by atoms with E-state index in [2.05, 4.69) is 15.3 Å². The zero-order valence-electron chi connectivity index (χ0n) is 14.4. The van der Waals surface area contributed by atoms with E-state index in [9.17, 15) is 13.6 Å². The van der Waals surface area contributed by atoms with Gasteiger partial charge >= 0.3 is 0 Å². The van der Waals surface area contributed by atoms with E-state index in [1.165, 1.54) is 0 Å². The van der Waals surface area contributed by atoms with Crippen molar-refractivity contribution in [2.75, 3.05) is 18.5 Å². The highest BCUT2D eigenvalue weighted by Gasteiger charge is 2.35. The van der Waals surface area contributed by atoms with E-state index >= 15 is 0 Å². The molecule has 140 valence electrons. The van der Waals surface area contributed by atoms with Crippen molar-refractivity contribution >= 4 is 22.6 Å². The summed E-state index contributed by atoms with van der Waals surface area (Å²) in [7, 11) is 0. The molecule has 1 fully saturated rings. The summed E-state index contributed by atoms with van der Waals surface area (Å²) in [6, 6.07) is 8.25. The van der Waals surface area contributed by atoms with Crippen molar-refractivity contribution in [3.8, 4) is 11.4 Å². The Balaban J connectivity index is 1.61. The van der Waals surface area contributed by atoms with Gasteiger partial charge in [-0.2, -0.15) is 0 Å². The second-order valence-electron chi connectivity index (χ2n) is 6.66. The van der Waals surface area contributed by atoms with Crippen molar-refractivity contribution in [1.29, 1.82) is 0 Å². The van der Waals surface area contributed by atoms with Gasteiger partial charge in [-0.15, -0.1) is 0 Å². The number of nitrogens with one attached hydrogen (secondary N) is 2. The predicted octanol–water partition coefficient (Wildman–Crippen LogP) is 2.95. The van der Waals surface area contributed by atoms with E-state index in [1.807, 2.05) is 0 Å². The number of imidazole rings is 1. The summed E-state index contributed by atoms with van der Waals surface area (Å²) in [5.41, 5.74) is 6.96. The number of nitrogens with two attached hydrogens (primary N) is 1. The van der Waals surface area contributed by atoms with Crippen molar-refractivity contribution in [3.05, 3.63) is 48.0 Å². The molecule has 0 atom stereocenters. The molecule has 4 N–H and O–H groups in total. The van der Waals surface area contributed by atoms with Gasteiger partial charge in [0.2, 0.25) is 5.91 Å². The number of carbonyl (C=O) groups is 1. The molecule has 2 heterocycles. The number of benzene rings is 2. The topological polar surface area (TPSA) is 93.0 Å². The molecule has 0 bridgehead atoms. The quantitative estimate of drug-likeness (QED) is 0.659. The van der Waals surface area contributed by atoms with Gasteiger partial charge in [-0.1, -0.05) is 0 Å². The Morgan fingerprint density at radius 3 is 2.74 bits per heavy atom. The van der Waals surface area contributed by atoms with Gasteiger partial charge in [-0.25, -0.2) is 13.8 Å². The second kappa shape index (κ2) is 6.71. The maximum absolute atomic E-state index is 14.0. The summed E-state index contributed by atoms with van der Waals surface area (Å²) in [5.74, 6) is -1.19. The van der Waals surface area contributed by atoms with Gasteiger partial charge in [0.15, 0.2) is 0 Å². The monoisotopic (exact) mass is 372 g/mol. The highest BCUT2D eigenvalue weighted by Crippen LogP contribution is 2.26. The Kier molecular flexibility index (Phi) is 4.37. The highest BCUT2D eigenvalue weighted by atomic mass is 19.1. The van der Waals surface area contributed by atoms with Crippen LogP contribution < -0.4 is 11.1 Å². The van der Waals surface area contributed by atoms with Gasteiger partial charge in [-0.05, 0) is 49.2 Å². The van der Waals surface area contributed by atoms with Crippen LogP contribution in [0.2, 0.25) is 0 Å². The number of ether oxygens (including phenoxy) is 1. The van der Waals surface area contributed by atoms with E-state index in [0.29, 0.717) is 42.8 Å². The Morgan fingerprint density at radius 2 is 1.96 bits per heavy atom. The predicted molar refractivity (Wildman–Crippen MR) is 97.0 cm³/mol. The van der Waals surface area contributed by atoms with Gasteiger partial charge in [0.1, 0.15) is 23.0 Å². The van der Waals surface area contributed by atoms with E-state index in [4.69, 9.17) is 10.5 Å². The Hall–Kier alpha value is -2.84. The molecule has 4 rings (SSSR count). The number of H-pyrrole nitrogens is 1. The maximum Gasteiger partial charge on any atom is 0.244 e. The lowest BCUT2D eigenvalue weighted by Gasteiger charge is -2.31. The van der Waals surface area contributed by atoms with Gasteiger partial charge < -0.3 is 20.8 Å². The molecule has 1 saturated heterocycles. The van der Waals surface area contributed by atoms with Crippen LogP contribution in [0.5, 0.6) is 0 Å². The fraction of sp³-hybridized carbons (Fsp3) is 0.263. The number of hydrogen-bond donors (Lipinski definition) is 3. The number of halogens is 2. The zero-order valence-corrected chi connectivity index (χ0v) is 14.4. The molecule has 0 unspecified atom stereocenters. The van der Waals surface area contributed by atoms with Crippen LogP contribution in [0.4, 0.5) is 14.5 Å². The third-order valence-electron chi connectivity index (χ3n) is 4.76. The zero-order chi connectivity index (χ0) is 19.0. The summed E-state index contributed by atoms with van der Waals surface area (Å²) >= 11 is 0. The molecule has 1 aliphatic rings. The molecule has 8 heteroatoms. The largest absolute Gasteiger partial charge is 0.381 e. The first-order valence-electron chi connectivity index (χ1n) is 8.58. The minimum absolute atomic E-state index is 0.0416. The van der Waals surface area contributed by atoms with Crippen LogP contribution in [0.3, 0.4) is 0 Å². The summed E-state index contributed by atoms with van der Waals surface area (Å²) in [5, 5.41) is 2.81. The number of fused-ring (bicyclic) bond motifs is 1. The molecule has 1 amide bonds. The average molecular weight is 372 g/mol. The molecule has 0 saturated carbocycles. The number of hydrogen-bond acceptors (Lipinski definition) is 4. The number of rotatable bonds is 3. The molecule has 1 aromatic heterocycles. The van der Waals surface area contributed by atoms with Crippen LogP contribution in [-0.2, 0) is 9.53 Å². The van der Waals surface area contributed by atoms with Crippen molar-refractivity contribution in [3.63, 3.8) is 0 Å². The first-order chi connectivity index (χ1) is 12.9. The molecule has 0 aliphatic carbocycles. The Bertz CT molecular complexity index is 1010. The van der Waals surface area contributed by atoms with E-state index in [1.54, 1.807) is 18.2 Å². The molecular formula is C19H18F2N4O2. The van der Waals surface area contributed by atoms with E-state index in [-0.39, 0.29) is 17.3 Å². The number of anilines is 1. The first-order valence-corrected chi connectivity index (χ1v) is 8.58. The van der Waals surface area contributed by atoms with Crippen molar-refractivity contribution < 1.29 is 18.3 Å². The minimum Gasteiger partial charge on any atom is -0.381 e. The number of aromatic amines is 1. The van der Waals surface area contributed by atoms with E-state index in [0.717, 1.165) is 18.2 Å². The molecule has 0 spiro atoms. The SMILES string of the molecule is NC1(C(=O)Nc2ccc3nc(-c4cc(F)ccc4F)[nH]c3c2)CCOCC1. The highest BCUT2D eigenvalue weighted by molar-refractivity contribution is 5.99. The van der Waals surface area contributed by atoms with Crippen LogP contribution in [0.15, 0.2) is 36.4 Å². The first kappa shape index (κ1) is 17.6. The number of aromatic nitrogens is 2. The molecule has 2 aromatic carbocycles. The number of nitrogens with zero attached hydrogens (tertiary/aromatic N) is 1. The second-order valence-corrected chi connectivity index (χ2v) is 6.66. The molecule has 6 nitrogen and oxygen atoms in total. The number of amides is 1. The van der Waals surface area contributed by atoms with Crippen LogP contribution in [0.25, 0.3) is 22.4 Å². The average Bonchev–Trinajstić information content (AvgIpc) is 3.07. The standard InChI is InChI=1S/C19H18F2N4O2/c20-11-1-3-14(21)13(9-11)17-24-15-4-2-12(10-16(15)25-17)23-18(26)19(22)5-7-27-8-6-19/h1-4,9-10H,5-8,22H2,(H,23,26)(H,24,25). The Morgan fingerprint density at radius 1 is 1.19 bits per heavy atom. The van der Waals surface area contributed by atoms with Gasteiger partial charge in [-0.3, -0.25) is 4.79 Å². The fourth-order valence-electron chi connectivity index (χ4n) is 3.11. The molecule has 3 aromatic rings. The van der Waals surface area contributed by atoms with Crippen LogP contribution in [-0.4, -0.2) is 34.6 Å². The lowest BCUT2D eigenvalue weighted by Crippen LogP contribution is -2.54. The fourth-order valence-corrected chi connectivity index (χ4v) is 3.11. The normalized spacial score (nSPS) is 16.4. The summed E-state index contributed by atoms with van der Waals surface area (Å²) in [4.78, 5) is 19.8. The van der Waals surface area contributed by atoms with Gasteiger partial charge in [0, 0.05) is 18.9 Å². The van der Waals surface area contributed by atoms with Crippen molar-refractivity contribution in [2.24, 2.45) is 5.73 Å². The maximum atomic E-state index is 14.0. The number of carbonyl (C=O) groups excluding carboxylic acids is 1. The summed E-state index contributed by atoms with van der Waals surface area (Å²) in [6.45, 7) is 0.901. The van der Waals surface area contributed by atoms with Gasteiger partial charge in [0.25, 0.3) is 0 Å². The molecular weight excluding hydrogens is 354 g/mol. The van der Waals surface area contributed by atoms with E-state index < -0.39 is 17.2 Å². The van der Waals surface area contributed by atoms with Gasteiger partial charge in [0.05, 0.1) is 16.6 Å². The molecule has 27 heavy (non-hydrogen) atoms. The lowest BCUT2D eigenvalue weighted by molar-refractivity contribution is -0.124. The lowest BCUT2D eigenvalue weighted by atomic mass is 9.90. The molecule has 0 radical (unpaired) electrons. The molecule has 1 aliphatic heterocycles.